The summed E-state index contributed by atoms with van der Waals surface area (Å²) < 4.78 is 2.07. The topological polar surface area (TPSA) is 33.1 Å². The van der Waals surface area contributed by atoms with Crippen molar-refractivity contribution in [2.75, 3.05) is 19.6 Å². The highest BCUT2D eigenvalue weighted by Gasteiger charge is 2.20. The van der Waals surface area contributed by atoms with Crippen molar-refractivity contribution in [2.24, 2.45) is 5.92 Å². The highest BCUT2D eigenvalue weighted by atomic mass is 15.3. The van der Waals surface area contributed by atoms with E-state index >= 15 is 0 Å². The van der Waals surface area contributed by atoms with E-state index in [9.17, 15) is 0 Å². The average molecular weight is 278 g/mol. The maximum atomic E-state index is 4.43. The summed E-state index contributed by atoms with van der Waals surface area (Å²) >= 11 is 0. The van der Waals surface area contributed by atoms with Crippen LogP contribution in [0, 0.1) is 5.92 Å². The van der Waals surface area contributed by atoms with Crippen molar-refractivity contribution in [3.63, 3.8) is 0 Å². The third-order valence-corrected chi connectivity index (χ3v) is 3.96. The molecule has 0 amide bonds. The minimum atomic E-state index is 0.595. The molecule has 2 rings (SSSR count). The maximum absolute atomic E-state index is 4.43. The van der Waals surface area contributed by atoms with Crippen molar-refractivity contribution >= 4 is 0 Å². The molecule has 0 radical (unpaired) electrons. The highest BCUT2D eigenvalue weighted by Crippen LogP contribution is 2.18. The van der Waals surface area contributed by atoms with Crippen LogP contribution in [0.4, 0.5) is 0 Å². The molecule has 20 heavy (non-hydrogen) atoms. The molecule has 1 atom stereocenters. The molecule has 0 aliphatic carbocycles. The Hall–Kier alpha value is -0.870. The summed E-state index contributed by atoms with van der Waals surface area (Å²) in [6, 6.07) is 0.595. The molecule has 1 N–H and O–H groups in total. The van der Waals surface area contributed by atoms with E-state index < -0.39 is 0 Å². The van der Waals surface area contributed by atoms with Gasteiger partial charge in [0.25, 0.3) is 0 Å². The van der Waals surface area contributed by atoms with E-state index in [4.69, 9.17) is 0 Å². The molecule has 1 aliphatic rings. The fraction of sp³-hybridized carbons (Fsp3) is 0.812. The number of rotatable bonds is 7. The van der Waals surface area contributed by atoms with Gasteiger partial charge in [0, 0.05) is 37.4 Å². The summed E-state index contributed by atoms with van der Waals surface area (Å²) in [5.74, 6) is 0.803. The summed E-state index contributed by atoms with van der Waals surface area (Å²) in [6.07, 6.45) is 8.08. The Morgan fingerprint density at radius 2 is 2.30 bits per heavy atom. The Kier molecular flexibility index (Phi) is 6.05. The zero-order valence-corrected chi connectivity index (χ0v) is 13.3. The quantitative estimate of drug-likeness (QED) is 0.832. The van der Waals surface area contributed by atoms with Gasteiger partial charge in [0.2, 0.25) is 0 Å². The van der Waals surface area contributed by atoms with Crippen LogP contribution >= 0.6 is 0 Å². The largest absolute Gasteiger partial charge is 0.314 e. The molecule has 0 aromatic carbocycles. The number of nitrogens with one attached hydrogen (secondary N) is 1. The summed E-state index contributed by atoms with van der Waals surface area (Å²) in [7, 11) is 0. The molecule has 0 bridgehead atoms. The van der Waals surface area contributed by atoms with Gasteiger partial charge in [-0.1, -0.05) is 20.8 Å². The van der Waals surface area contributed by atoms with Crippen LogP contribution in [0.3, 0.4) is 0 Å². The molecule has 114 valence electrons. The van der Waals surface area contributed by atoms with E-state index in [0.29, 0.717) is 6.04 Å². The SMILES string of the molecule is CCCn1cc(CN2CCCC(CNC(C)C)C2)cn1. The second-order valence-electron chi connectivity index (χ2n) is 6.42. The van der Waals surface area contributed by atoms with Gasteiger partial charge in [-0.3, -0.25) is 9.58 Å². The second kappa shape index (κ2) is 7.79. The maximum Gasteiger partial charge on any atom is 0.0534 e. The third kappa shape index (κ3) is 4.91. The summed E-state index contributed by atoms with van der Waals surface area (Å²) in [5, 5.41) is 8.00. The summed E-state index contributed by atoms with van der Waals surface area (Å²) in [4.78, 5) is 2.59. The van der Waals surface area contributed by atoms with Crippen molar-refractivity contribution in [3.8, 4) is 0 Å². The number of likely N-dealkylation sites (tertiary alicyclic amines) is 1. The molecule has 1 aromatic heterocycles. The minimum Gasteiger partial charge on any atom is -0.314 e. The van der Waals surface area contributed by atoms with E-state index in [1.807, 2.05) is 6.20 Å². The number of aromatic nitrogens is 2. The van der Waals surface area contributed by atoms with Crippen LogP contribution in [0.25, 0.3) is 0 Å². The van der Waals surface area contributed by atoms with E-state index in [-0.39, 0.29) is 0 Å². The van der Waals surface area contributed by atoms with Crippen molar-refractivity contribution in [2.45, 2.75) is 59.2 Å². The van der Waals surface area contributed by atoms with Gasteiger partial charge in [-0.15, -0.1) is 0 Å². The normalized spacial score (nSPS) is 20.7. The first-order valence-electron chi connectivity index (χ1n) is 8.14. The number of hydrogen-bond donors (Lipinski definition) is 1. The van der Waals surface area contributed by atoms with Gasteiger partial charge in [0.1, 0.15) is 0 Å². The van der Waals surface area contributed by atoms with Crippen LogP contribution in [-0.4, -0.2) is 40.4 Å². The van der Waals surface area contributed by atoms with Crippen molar-refractivity contribution in [3.05, 3.63) is 18.0 Å². The van der Waals surface area contributed by atoms with E-state index in [0.717, 1.165) is 32.0 Å². The van der Waals surface area contributed by atoms with Crippen LogP contribution in [0.5, 0.6) is 0 Å². The molecular formula is C16H30N4. The number of aryl methyl sites for hydroxylation is 1. The number of nitrogens with zero attached hydrogens (tertiary/aromatic N) is 3. The van der Waals surface area contributed by atoms with E-state index in [2.05, 4.69) is 47.0 Å². The Morgan fingerprint density at radius 1 is 1.45 bits per heavy atom. The molecule has 1 unspecified atom stereocenters. The van der Waals surface area contributed by atoms with Gasteiger partial charge in [-0.2, -0.15) is 5.10 Å². The summed E-state index contributed by atoms with van der Waals surface area (Å²) in [5.41, 5.74) is 1.36. The fourth-order valence-corrected chi connectivity index (χ4v) is 2.96. The molecule has 2 heterocycles. The number of hydrogen-bond acceptors (Lipinski definition) is 3. The lowest BCUT2D eigenvalue weighted by atomic mass is 9.97. The molecule has 4 nitrogen and oxygen atoms in total. The van der Waals surface area contributed by atoms with Gasteiger partial charge in [-0.05, 0) is 38.3 Å². The van der Waals surface area contributed by atoms with Crippen LogP contribution < -0.4 is 5.32 Å². The highest BCUT2D eigenvalue weighted by molar-refractivity contribution is 5.04. The Bertz CT molecular complexity index is 386. The molecule has 0 spiro atoms. The Labute approximate surface area is 123 Å². The molecular weight excluding hydrogens is 248 g/mol. The van der Waals surface area contributed by atoms with Gasteiger partial charge >= 0.3 is 0 Å². The first kappa shape index (κ1) is 15.5. The van der Waals surface area contributed by atoms with Crippen LogP contribution in [-0.2, 0) is 13.1 Å². The molecule has 1 fully saturated rings. The van der Waals surface area contributed by atoms with E-state index in [1.54, 1.807) is 0 Å². The number of piperidine rings is 1. The third-order valence-electron chi connectivity index (χ3n) is 3.96. The van der Waals surface area contributed by atoms with Crippen LogP contribution in [0.15, 0.2) is 12.4 Å². The van der Waals surface area contributed by atoms with Crippen LogP contribution in [0.1, 0.15) is 45.6 Å². The fourth-order valence-electron chi connectivity index (χ4n) is 2.96. The predicted molar refractivity (Wildman–Crippen MR) is 83.7 cm³/mol. The smallest absolute Gasteiger partial charge is 0.0534 e. The molecule has 0 saturated carbocycles. The van der Waals surface area contributed by atoms with E-state index in [1.165, 1.54) is 31.5 Å². The lowest BCUT2D eigenvalue weighted by Crippen LogP contribution is -2.40. The lowest BCUT2D eigenvalue weighted by molar-refractivity contribution is 0.164. The predicted octanol–water partition coefficient (Wildman–Crippen LogP) is 2.50. The zero-order valence-electron chi connectivity index (χ0n) is 13.3. The summed E-state index contributed by atoms with van der Waals surface area (Å²) in [6.45, 7) is 12.3. The molecule has 1 aliphatic heterocycles. The minimum absolute atomic E-state index is 0.595. The van der Waals surface area contributed by atoms with Gasteiger partial charge < -0.3 is 5.32 Å². The average Bonchev–Trinajstić information content (AvgIpc) is 2.85. The lowest BCUT2D eigenvalue weighted by Gasteiger charge is -2.33. The Morgan fingerprint density at radius 3 is 3.05 bits per heavy atom. The monoisotopic (exact) mass is 278 g/mol. The van der Waals surface area contributed by atoms with Gasteiger partial charge in [-0.25, -0.2) is 0 Å². The second-order valence-corrected chi connectivity index (χ2v) is 6.42. The first-order chi connectivity index (χ1) is 9.67. The van der Waals surface area contributed by atoms with Crippen molar-refractivity contribution < 1.29 is 0 Å². The van der Waals surface area contributed by atoms with Gasteiger partial charge in [0.15, 0.2) is 0 Å². The first-order valence-corrected chi connectivity index (χ1v) is 8.14. The molecule has 1 saturated heterocycles. The Balaban J connectivity index is 1.79. The standard InChI is InChI=1S/C16H30N4/c1-4-7-20-13-16(10-18-20)12-19-8-5-6-15(11-19)9-17-14(2)3/h10,13-15,17H,4-9,11-12H2,1-3H3. The van der Waals surface area contributed by atoms with Crippen molar-refractivity contribution in [1.82, 2.24) is 20.0 Å². The molecule has 4 heteroatoms. The molecule has 1 aromatic rings. The van der Waals surface area contributed by atoms with Crippen molar-refractivity contribution in [1.29, 1.82) is 0 Å². The van der Waals surface area contributed by atoms with Gasteiger partial charge in [0.05, 0.1) is 6.20 Å². The zero-order chi connectivity index (χ0) is 14.4. The van der Waals surface area contributed by atoms with Crippen LogP contribution in [0.2, 0.25) is 0 Å².